The van der Waals surface area contributed by atoms with Gasteiger partial charge in [0.15, 0.2) is 0 Å². The summed E-state index contributed by atoms with van der Waals surface area (Å²) in [5, 5.41) is 14.0. The maximum absolute atomic E-state index is 11.0. The predicted molar refractivity (Wildman–Crippen MR) is 74.1 cm³/mol. The second-order valence-corrected chi connectivity index (χ2v) is 4.94. The second kappa shape index (κ2) is 5.40. The van der Waals surface area contributed by atoms with Gasteiger partial charge in [-0.05, 0) is 41.9 Å². The Labute approximate surface area is 118 Å². The molecule has 0 aliphatic carbocycles. The molecule has 0 fully saturated rings. The highest BCUT2D eigenvalue weighted by Gasteiger charge is 2.20. The van der Waals surface area contributed by atoms with Gasteiger partial charge in [-0.3, -0.25) is 15.1 Å². The number of nitrogens with one attached hydrogen (secondary N) is 1. The van der Waals surface area contributed by atoms with Gasteiger partial charge in [-0.1, -0.05) is 0 Å². The maximum atomic E-state index is 11.0. The van der Waals surface area contributed by atoms with Gasteiger partial charge in [-0.15, -0.1) is 0 Å². The van der Waals surface area contributed by atoms with Crippen LogP contribution in [-0.4, -0.2) is 9.91 Å². The molecule has 2 aromatic rings. The Morgan fingerprint density at radius 1 is 1.47 bits per heavy atom. The van der Waals surface area contributed by atoms with Crippen molar-refractivity contribution in [2.24, 2.45) is 0 Å². The zero-order valence-electron chi connectivity index (χ0n) is 10.4. The minimum atomic E-state index is -0.472. The molecule has 6 nitrogen and oxygen atoms in total. The normalized spacial score (nSPS) is 12.2. The van der Waals surface area contributed by atoms with E-state index >= 15 is 0 Å². The highest BCUT2D eigenvalue weighted by molar-refractivity contribution is 9.10. The predicted octanol–water partition coefficient (Wildman–Crippen LogP) is 3.83. The summed E-state index contributed by atoms with van der Waals surface area (Å²) in [6.07, 6.45) is 2.72. The smallest absolute Gasteiger partial charge is 0.311 e. The highest BCUT2D eigenvalue weighted by atomic mass is 79.9. The van der Waals surface area contributed by atoms with Crippen LogP contribution < -0.4 is 5.32 Å². The second-order valence-electron chi connectivity index (χ2n) is 4.09. The van der Waals surface area contributed by atoms with Gasteiger partial charge in [0.25, 0.3) is 0 Å². The number of halogens is 1. The topological polar surface area (TPSA) is 81.2 Å². The number of hydrogen-bond donors (Lipinski definition) is 1. The van der Waals surface area contributed by atoms with Crippen molar-refractivity contribution in [3.05, 3.63) is 50.6 Å². The average molecular weight is 326 g/mol. The number of nitrogens with zero attached hydrogens (tertiary/aromatic N) is 2. The number of rotatable bonds is 4. The van der Waals surface area contributed by atoms with Gasteiger partial charge in [-0.25, -0.2) is 0 Å². The monoisotopic (exact) mass is 325 g/mol. The molecule has 100 valence electrons. The third kappa shape index (κ3) is 2.93. The van der Waals surface area contributed by atoms with Crippen molar-refractivity contribution in [3.8, 4) is 0 Å². The van der Waals surface area contributed by atoms with E-state index in [2.05, 4.69) is 26.2 Å². The van der Waals surface area contributed by atoms with E-state index < -0.39 is 4.92 Å². The first-order valence-corrected chi connectivity index (χ1v) is 6.39. The molecule has 0 radical (unpaired) electrons. The first-order chi connectivity index (χ1) is 8.99. The van der Waals surface area contributed by atoms with Gasteiger partial charge in [0.05, 0.1) is 15.4 Å². The Balaban J connectivity index is 2.30. The Hall–Kier alpha value is -1.89. The molecule has 1 N–H and O–H groups in total. The molecule has 7 heteroatoms. The molecular formula is C12H12BrN3O3. The van der Waals surface area contributed by atoms with Crippen molar-refractivity contribution in [2.75, 3.05) is 5.32 Å². The lowest BCUT2D eigenvalue weighted by Crippen LogP contribution is -2.08. The number of hydrogen-bond acceptors (Lipinski definition) is 5. The van der Waals surface area contributed by atoms with E-state index in [1.165, 1.54) is 12.4 Å². The summed E-state index contributed by atoms with van der Waals surface area (Å²) < 4.78 is 6.03. The molecule has 0 amide bonds. The van der Waals surface area contributed by atoms with Crippen LogP contribution in [0.1, 0.15) is 24.5 Å². The summed E-state index contributed by atoms with van der Waals surface area (Å²) in [4.78, 5) is 14.3. The summed E-state index contributed by atoms with van der Waals surface area (Å²) in [6.45, 7) is 3.72. The minimum absolute atomic E-state index is 0.0792. The standard InChI is InChI=1S/C12H12BrN3O3/c1-7-3-4-11(19-7)8(2)15-12-9(13)5-14-6-10(12)16(17)18/h3-6,8H,1-2H3,(H,14,15). The summed E-state index contributed by atoms with van der Waals surface area (Å²) >= 11 is 3.26. The fourth-order valence-electron chi connectivity index (χ4n) is 1.68. The van der Waals surface area contributed by atoms with E-state index in [9.17, 15) is 10.1 Å². The molecule has 0 aliphatic rings. The summed E-state index contributed by atoms with van der Waals surface area (Å²) in [5.74, 6) is 1.52. The third-order valence-corrected chi connectivity index (χ3v) is 3.23. The molecule has 0 saturated carbocycles. The lowest BCUT2D eigenvalue weighted by Gasteiger charge is -2.14. The van der Waals surface area contributed by atoms with Crippen molar-refractivity contribution >= 4 is 27.3 Å². The molecule has 2 rings (SSSR count). The summed E-state index contributed by atoms with van der Waals surface area (Å²) in [5.41, 5.74) is 0.311. The minimum Gasteiger partial charge on any atom is -0.464 e. The van der Waals surface area contributed by atoms with Crippen LogP contribution in [0.5, 0.6) is 0 Å². The fraction of sp³-hybridized carbons (Fsp3) is 0.250. The molecule has 2 heterocycles. The van der Waals surface area contributed by atoms with Crippen LogP contribution in [-0.2, 0) is 0 Å². The van der Waals surface area contributed by atoms with Crippen LogP contribution in [0.2, 0.25) is 0 Å². The number of aryl methyl sites for hydroxylation is 1. The van der Waals surface area contributed by atoms with Crippen molar-refractivity contribution in [3.63, 3.8) is 0 Å². The molecule has 2 aromatic heterocycles. The van der Waals surface area contributed by atoms with E-state index in [0.717, 1.165) is 11.5 Å². The van der Waals surface area contributed by atoms with Crippen LogP contribution in [0.4, 0.5) is 11.4 Å². The van der Waals surface area contributed by atoms with Crippen molar-refractivity contribution in [1.29, 1.82) is 0 Å². The summed E-state index contributed by atoms with van der Waals surface area (Å²) in [7, 11) is 0. The third-order valence-electron chi connectivity index (χ3n) is 2.63. The van der Waals surface area contributed by atoms with Crippen LogP contribution in [0.15, 0.2) is 33.4 Å². The number of furan rings is 1. The Morgan fingerprint density at radius 2 is 2.21 bits per heavy atom. The van der Waals surface area contributed by atoms with Crippen LogP contribution >= 0.6 is 15.9 Å². The quantitative estimate of drug-likeness (QED) is 0.682. The maximum Gasteiger partial charge on any atom is 0.311 e. The van der Waals surface area contributed by atoms with Crippen molar-refractivity contribution in [1.82, 2.24) is 4.98 Å². The van der Waals surface area contributed by atoms with Gasteiger partial charge < -0.3 is 9.73 Å². The van der Waals surface area contributed by atoms with E-state index in [1.807, 2.05) is 26.0 Å². The van der Waals surface area contributed by atoms with Gasteiger partial charge in [0.2, 0.25) is 0 Å². The summed E-state index contributed by atoms with van der Waals surface area (Å²) in [6, 6.07) is 3.50. The van der Waals surface area contributed by atoms with Crippen molar-refractivity contribution in [2.45, 2.75) is 19.9 Å². The van der Waals surface area contributed by atoms with E-state index in [4.69, 9.17) is 4.42 Å². The van der Waals surface area contributed by atoms with Gasteiger partial charge in [-0.2, -0.15) is 0 Å². The van der Waals surface area contributed by atoms with E-state index in [1.54, 1.807) is 0 Å². The van der Waals surface area contributed by atoms with E-state index in [0.29, 0.717) is 10.2 Å². The average Bonchev–Trinajstić information content (AvgIpc) is 2.78. The number of nitro groups is 1. The van der Waals surface area contributed by atoms with Crippen molar-refractivity contribution < 1.29 is 9.34 Å². The lowest BCUT2D eigenvalue weighted by atomic mass is 10.2. The van der Waals surface area contributed by atoms with E-state index in [-0.39, 0.29) is 11.7 Å². The molecule has 0 spiro atoms. The molecule has 0 aliphatic heterocycles. The number of anilines is 1. The first kappa shape index (κ1) is 13.5. The fourth-order valence-corrected chi connectivity index (χ4v) is 2.12. The lowest BCUT2D eigenvalue weighted by molar-refractivity contribution is -0.384. The Kier molecular flexibility index (Phi) is 3.84. The number of aromatic nitrogens is 1. The molecule has 1 unspecified atom stereocenters. The molecule has 1 atom stereocenters. The number of pyridine rings is 1. The molecule has 19 heavy (non-hydrogen) atoms. The Bertz CT molecular complexity index is 612. The van der Waals surface area contributed by atoms with Crippen LogP contribution in [0.25, 0.3) is 0 Å². The first-order valence-electron chi connectivity index (χ1n) is 5.60. The largest absolute Gasteiger partial charge is 0.464 e. The SMILES string of the molecule is Cc1ccc(C(C)Nc2c(Br)cncc2[N+](=O)[O-])o1. The zero-order chi connectivity index (χ0) is 14.0. The van der Waals surface area contributed by atoms with Gasteiger partial charge >= 0.3 is 5.69 Å². The molecule has 0 bridgehead atoms. The Morgan fingerprint density at radius 3 is 2.79 bits per heavy atom. The highest BCUT2D eigenvalue weighted by Crippen LogP contribution is 2.34. The van der Waals surface area contributed by atoms with Crippen LogP contribution in [0, 0.1) is 17.0 Å². The van der Waals surface area contributed by atoms with Gasteiger partial charge in [0.1, 0.15) is 23.4 Å². The van der Waals surface area contributed by atoms with Crippen LogP contribution in [0.3, 0.4) is 0 Å². The molecular weight excluding hydrogens is 314 g/mol. The van der Waals surface area contributed by atoms with Gasteiger partial charge in [0, 0.05) is 6.20 Å². The molecule has 0 aromatic carbocycles. The zero-order valence-corrected chi connectivity index (χ0v) is 12.0. The molecule has 0 saturated heterocycles.